The number of fused-ring (bicyclic) bond motifs is 2. The lowest BCUT2D eigenvalue weighted by molar-refractivity contribution is 1.29. The molecule has 0 amide bonds. The molecule has 0 saturated carbocycles. The molecule has 65 heavy (non-hydrogen) atoms. The van der Waals surface area contributed by atoms with E-state index in [1.807, 2.05) is 0 Å². The van der Waals surface area contributed by atoms with Crippen molar-refractivity contribution in [3.8, 4) is 0 Å². The molecule has 0 unspecified atom stereocenters. The third-order valence-corrected chi connectivity index (χ3v) is 13.9. The number of benzene rings is 13. The summed E-state index contributed by atoms with van der Waals surface area (Å²) < 4.78 is 0. The minimum atomic E-state index is 1.12. The highest BCUT2D eigenvalue weighted by molar-refractivity contribution is 6.51. The first-order valence-corrected chi connectivity index (χ1v) is 22.7. The molecule has 0 aliphatic rings. The van der Waals surface area contributed by atoms with Crippen molar-refractivity contribution in [3.05, 3.63) is 228 Å². The summed E-state index contributed by atoms with van der Waals surface area (Å²) in [5.41, 5.74) is 13.0. The lowest BCUT2D eigenvalue weighted by Gasteiger charge is -2.33. The van der Waals surface area contributed by atoms with E-state index in [9.17, 15) is 0 Å². The fraction of sp³-hybridized carbons (Fsp3) is 0.0476. The van der Waals surface area contributed by atoms with Crippen molar-refractivity contribution in [2.45, 2.75) is 20.8 Å². The van der Waals surface area contributed by atoms with Crippen molar-refractivity contribution in [2.75, 3.05) is 9.80 Å². The Labute approximate surface area is 378 Å². The molecule has 0 atom stereocenters. The van der Waals surface area contributed by atoms with Crippen LogP contribution in [0.4, 0.5) is 34.1 Å². The van der Waals surface area contributed by atoms with Gasteiger partial charge in [-0.15, -0.1) is 0 Å². The highest BCUT2D eigenvalue weighted by Crippen LogP contribution is 2.58. The zero-order valence-electron chi connectivity index (χ0n) is 36.6. The molecule has 0 saturated heterocycles. The molecular formula is C63H44N2. The molecular weight excluding hydrogens is 785 g/mol. The summed E-state index contributed by atoms with van der Waals surface area (Å²) in [6.07, 6.45) is 4.39. The summed E-state index contributed by atoms with van der Waals surface area (Å²) in [5.74, 6) is 0. The zero-order chi connectivity index (χ0) is 43.3. The second-order valence-electron chi connectivity index (χ2n) is 17.9. The molecule has 0 aliphatic heterocycles. The van der Waals surface area contributed by atoms with E-state index in [4.69, 9.17) is 0 Å². The average molecular weight is 829 g/mol. The van der Waals surface area contributed by atoms with Gasteiger partial charge < -0.3 is 9.80 Å². The molecule has 13 rings (SSSR count). The topological polar surface area (TPSA) is 6.48 Å². The van der Waals surface area contributed by atoms with Crippen LogP contribution in [0.1, 0.15) is 27.8 Å². The second-order valence-corrected chi connectivity index (χ2v) is 17.9. The summed E-state index contributed by atoms with van der Waals surface area (Å²) >= 11 is 0. The van der Waals surface area contributed by atoms with E-state index < -0.39 is 0 Å². The van der Waals surface area contributed by atoms with Gasteiger partial charge in [-0.1, -0.05) is 181 Å². The largest absolute Gasteiger partial charge is 0.309 e. The van der Waals surface area contributed by atoms with E-state index in [1.54, 1.807) is 0 Å². The van der Waals surface area contributed by atoms with E-state index in [2.05, 4.69) is 243 Å². The van der Waals surface area contributed by atoms with Gasteiger partial charge >= 0.3 is 0 Å². The van der Waals surface area contributed by atoms with Crippen LogP contribution in [0.15, 0.2) is 200 Å². The SMILES string of the molecule is Cc1ccc(N(c2ccc(C)cc2)c2c3cccc4c5cccc6c(N(c7ccc(C)cc7)c7ccc(/C=C/c8ccccc8)cc7)c7cccc8c9cccc2c9c(c34)c(c65)c78)cc1. The number of aryl methyl sites for hydroxylation is 3. The van der Waals surface area contributed by atoms with Crippen molar-refractivity contribution in [3.63, 3.8) is 0 Å². The number of hydrogen-bond donors (Lipinski definition) is 0. The molecule has 13 aromatic rings. The van der Waals surface area contributed by atoms with Crippen LogP contribution in [0.3, 0.4) is 0 Å². The predicted octanol–water partition coefficient (Wildman–Crippen LogP) is 18.1. The van der Waals surface area contributed by atoms with E-state index in [1.165, 1.54) is 109 Å². The summed E-state index contributed by atoms with van der Waals surface area (Å²) in [6, 6.07) is 74.6. The van der Waals surface area contributed by atoms with Gasteiger partial charge in [0, 0.05) is 76.6 Å². The van der Waals surface area contributed by atoms with Crippen LogP contribution in [0.2, 0.25) is 0 Å². The van der Waals surface area contributed by atoms with Gasteiger partial charge in [0.05, 0.1) is 11.4 Å². The fourth-order valence-electron chi connectivity index (χ4n) is 10.9. The summed E-state index contributed by atoms with van der Waals surface area (Å²) in [6.45, 7) is 6.50. The lowest BCUT2D eigenvalue weighted by atomic mass is 9.79. The van der Waals surface area contributed by atoms with Gasteiger partial charge in [0.1, 0.15) is 0 Å². The summed E-state index contributed by atoms with van der Waals surface area (Å²) in [5, 5.41) is 18.1. The molecule has 2 nitrogen and oxygen atoms in total. The Bertz CT molecular complexity index is 3740. The highest BCUT2D eigenvalue weighted by Gasteiger charge is 2.30. The molecule has 0 radical (unpaired) electrons. The lowest BCUT2D eigenvalue weighted by Crippen LogP contribution is -2.13. The van der Waals surface area contributed by atoms with E-state index in [-0.39, 0.29) is 0 Å². The standard InChI is InChI=1S/C63H44N2/c1-39-21-31-44(32-22-39)64(45-33-23-40(2)24-34-45)62-52-17-7-13-48-50-15-9-19-54-58(50)61-59-51(49-14-8-18-53(62)57(49)60(61)56(48)52)16-10-20-55(59)63(54)65(46-35-25-41(3)26-36-46)47-37-29-43(30-38-47)28-27-42-11-5-4-6-12-42/h4-38H,1-3H3/b28-27+. The van der Waals surface area contributed by atoms with Gasteiger partial charge in [-0.05, 0) is 102 Å². The van der Waals surface area contributed by atoms with Crippen molar-refractivity contribution in [1.29, 1.82) is 0 Å². The number of anilines is 6. The predicted molar refractivity (Wildman–Crippen MR) is 281 cm³/mol. The van der Waals surface area contributed by atoms with Crippen molar-refractivity contribution in [2.24, 2.45) is 0 Å². The van der Waals surface area contributed by atoms with E-state index in [0.29, 0.717) is 0 Å². The molecule has 2 heteroatoms. The quantitative estimate of drug-likeness (QED) is 0.0855. The van der Waals surface area contributed by atoms with Crippen molar-refractivity contribution in [1.82, 2.24) is 0 Å². The van der Waals surface area contributed by atoms with Crippen molar-refractivity contribution >= 4 is 122 Å². The minimum absolute atomic E-state index is 1.12. The molecule has 0 aromatic heterocycles. The monoisotopic (exact) mass is 828 g/mol. The van der Waals surface area contributed by atoms with E-state index >= 15 is 0 Å². The first-order chi connectivity index (χ1) is 32.0. The van der Waals surface area contributed by atoms with Crippen LogP contribution in [0, 0.1) is 20.8 Å². The minimum Gasteiger partial charge on any atom is -0.309 e. The third-order valence-electron chi connectivity index (χ3n) is 13.9. The van der Waals surface area contributed by atoms with Crippen LogP contribution >= 0.6 is 0 Å². The molecule has 0 bridgehead atoms. The van der Waals surface area contributed by atoms with Gasteiger partial charge in [0.25, 0.3) is 0 Å². The van der Waals surface area contributed by atoms with Gasteiger partial charge in [0.15, 0.2) is 0 Å². The van der Waals surface area contributed by atoms with Crippen molar-refractivity contribution < 1.29 is 0 Å². The molecule has 0 N–H and O–H groups in total. The Kier molecular flexibility index (Phi) is 8.29. The third kappa shape index (κ3) is 5.67. The Morgan fingerprint density at radius 1 is 0.246 bits per heavy atom. The first kappa shape index (κ1) is 37.4. The number of hydrogen-bond acceptors (Lipinski definition) is 2. The zero-order valence-corrected chi connectivity index (χ0v) is 36.6. The normalized spacial score (nSPS) is 12.2. The Hall–Kier alpha value is -8.20. The first-order valence-electron chi connectivity index (χ1n) is 22.7. The van der Waals surface area contributed by atoms with Gasteiger partial charge in [-0.3, -0.25) is 0 Å². The second kappa shape index (κ2) is 14.4. The van der Waals surface area contributed by atoms with E-state index in [0.717, 1.165) is 28.3 Å². The molecule has 0 aliphatic carbocycles. The van der Waals surface area contributed by atoms with Gasteiger partial charge in [0.2, 0.25) is 0 Å². The van der Waals surface area contributed by atoms with Crippen LogP contribution in [-0.2, 0) is 0 Å². The number of nitrogens with zero attached hydrogens (tertiary/aromatic N) is 2. The van der Waals surface area contributed by atoms with Crippen LogP contribution in [0.5, 0.6) is 0 Å². The molecule has 0 spiro atoms. The summed E-state index contributed by atoms with van der Waals surface area (Å²) in [4.78, 5) is 5.00. The van der Waals surface area contributed by atoms with Gasteiger partial charge in [-0.25, -0.2) is 0 Å². The fourth-order valence-corrected chi connectivity index (χ4v) is 10.9. The molecule has 0 heterocycles. The average Bonchev–Trinajstić information content (AvgIpc) is 3.35. The van der Waals surface area contributed by atoms with Crippen LogP contribution in [0.25, 0.3) is 87.6 Å². The smallest absolute Gasteiger partial charge is 0.0619 e. The maximum absolute atomic E-state index is 2.50. The summed E-state index contributed by atoms with van der Waals surface area (Å²) in [7, 11) is 0. The Morgan fingerprint density at radius 2 is 0.523 bits per heavy atom. The Balaban J connectivity index is 1.15. The van der Waals surface area contributed by atoms with Crippen LogP contribution in [-0.4, -0.2) is 0 Å². The maximum atomic E-state index is 2.50. The molecule has 0 fully saturated rings. The van der Waals surface area contributed by atoms with Crippen LogP contribution < -0.4 is 9.80 Å². The molecule has 13 aromatic carbocycles. The molecule has 306 valence electrons. The van der Waals surface area contributed by atoms with Gasteiger partial charge in [-0.2, -0.15) is 0 Å². The number of rotatable bonds is 8. The maximum Gasteiger partial charge on any atom is 0.0619 e. The highest BCUT2D eigenvalue weighted by atomic mass is 15.2. The Morgan fingerprint density at radius 3 is 0.846 bits per heavy atom.